The van der Waals surface area contributed by atoms with E-state index in [-0.39, 0.29) is 12.0 Å². The molecule has 0 radical (unpaired) electrons. The molecule has 15 heavy (non-hydrogen) atoms. The Hall–Kier alpha value is -0.610. The average molecular weight is 210 g/mol. The third-order valence-electron chi connectivity index (χ3n) is 3.61. The zero-order chi connectivity index (χ0) is 10.3. The van der Waals surface area contributed by atoms with Gasteiger partial charge in [0, 0.05) is 6.04 Å². The van der Waals surface area contributed by atoms with Crippen molar-refractivity contribution in [3.8, 4) is 0 Å². The molecule has 1 N–H and O–H groups in total. The van der Waals surface area contributed by atoms with Crippen molar-refractivity contribution in [3.05, 3.63) is 0 Å². The number of nitrogens with zero attached hydrogens (tertiary/aromatic N) is 1. The van der Waals surface area contributed by atoms with Gasteiger partial charge in [-0.15, -0.1) is 0 Å². The molecular weight excluding hydrogens is 192 g/mol. The predicted octanol–water partition coefficient (Wildman–Crippen LogP) is 0.681. The van der Waals surface area contributed by atoms with E-state index in [1.807, 2.05) is 0 Å². The number of hydrogen-bond acceptors (Lipinski definition) is 3. The van der Waals surface area contributed by atoms with Crippen LogP contribution >= 0.6 is 0 Å². The van der Waals surface area contributed by atoms with Gasteiger partial charge in [-0.3, -0.25) is 9.63 Å². The molecule has 3 aliphatic rings. The van der Waals surface area contributed by atoms with Crippen molar-refractivity contribution in [2.75, 3.05) is 13.1 Å². The number of hydroxylamine groups is 2. The first-order valence-electron chi connectivity index (χ1n) is 6.03. The van der Waals surface area contributed by atoms with E-state index in [0.717, 1.165) is 13.1 Å². The molecule has 84 valence electrons. The highest BCUT2D eigenvalue weighted by Crippen LogP contribution is 2.38. The first-order chi connectivity index (χ1) is 7.33. The standard InChI is InChI=1S/C11H18N2O2/c14-11-6-10(8-3-4-8)15-13(11)7-9-2-1-5-12-9/h8-10,12H,1-7H2. The van der Waals surface area contributed by atoms with Crippen LogP contribution in [0.2, 0.25) is 0 Å². The summed E-state index contributed by atoms with van der Waals surface area (Å²) in [5.74, 6) is 0.844. The van der Waals surface area contributed by atoms with E-state index in [2.05, 4.69) is 5.32 Å². The number of amides is 1. The zero-order valence-electron chi connectivity index (χ0n) is 8.95. The summed E-state index contributed by atoms with van der Waals surface area (Å²) < 4.78 is 0. The Labute approximate surface area is 89.9 Å². The van der Waals surface area contributed by atoms with E-state index >= 15 is 0 Å². The minimum absolute atomic E-state index is 0.181. The van der Waals surface area contributed by atoms with E-state index in [1.165, 1.54) is 25.7 Å². The molecule has 0 spiro atoms. The normalized spacial score (nSPS) is 36.5. The van der Waals surface area contributed by atoms with E-state index in [4.69, 9.17) is 4.84 Å². The summed E-state index contributed by atoms with van der Waals surface area (Å²) in [6, 6.07) is 0.451. The summed E-state index contributed by atoms with van der Waals surface area (Å²) in [5.41, 5.74) is 0. The average Bonchev–Trinajstić information content (AvgIpc) is 2.84. The summed E-state index contributed by atoms with van der Waals surface area (Å²) >= 11 is 0. The first kappa shape index (κ1) is 9.60. The molecule has 2 heterocycles. The zero-order valence-corrected chi connectivity index (χ0v) is 8.95. The van der Waals surface area contributed by atoms with Gasteiger partial charge in [-0.25, -0.2) is 5.06 Å². The molecule has 1 aliphatic carbocycles. The first-order valence-corrected chi connectivity index (χ1v) is 6.03. The van der Waals surface area contributed by atoms with Gasteiger partial charge in [0.05, 0.1) is 19.1 Å². The second kappa shape index (κ2) is 3.76. The van der Waals surface area contributed by atoms with Gasteiger partial charge in [-0.2, -0.15) is 0 Å². The number of hydrogen-bond donors (Lipinski definition) is 1. The Balaban J connectivity index is 1.54. The van der Waals surface area contributed by atoms with Gasteiger partial charge >= 0.3 is 0 Å². The van der Waals surface area contributed by atoms with Crippen molar-refractivity contribution >= 4 is 5.91 Å². The minimum Gasteiger partial charge on any atom is -0.312 e. The van der Waals surface area contributed by atoms with Crippen LogP contribution in [0.4, 0.5) is 0 Å². The van der Waals surface area contributed by atoms with Crippen molar-refractivity contribution in [2.45, 2.75) is 44.2 Å². The summed E-state index contributed by atoms with van der Waals surface area (Å²) in [6.07, 6.45) is 5.68. The maximum atomic E-state index is 11.7. The van der Waals surface area contributed by atoms with E-state index in [1.54, 1.807) is 5.06 Å². The van der Waals surface area contributed by atoms with Crippen LogP contribution in [-0.2, 0) is 9.63 Å². The second-order valence-corrected chi connectivity index (χ2v) is 4.93. The van der Waals surface area contributed by atoms with Crippen molar-refractivity contribution in [1.29, 1.82) is 0 Å². The molecule has 0 bridgehead atoms. The number of rotatable bonds is 3. The van der Waals surface area contributed by atoms with Crippen LogP contribution in [0, 0.1) is 5.92 Å². The Morgan fingerprint density at radius 3 is 2.93 bits per heavy atom. The molecule has 0 aromatic heterocycles. The monoisotopic (exact) mass is 210 g/mol. The lowest BCUT2D eigenvalue weighted by Crippen LogP contribution is -2.37. The molecule has 1 saturated carbocycles. The fourth-order valence-corrected chi connectivity index (χ4v) is 2.51. The van der Waals surface area contributed by atoms with Gasteiger partial charge in [0.15, 0.2) is 0 Å². The minimum atomic E-state index is 0.181. The summed E-state index contributed by atoms with van der Waals surface area (Å²) in [7, 11) is 0. The molecule has 4 heteroatoms. The summed E-state index contributed by atoms with van der Waals surface area (Å²) in [6.45, 7) is 1.82. The molecule has 4 nitrogen and oxygen atoms in total. The number of carbonyl (C=O) groups is 1. The van der Waals surface area contributed by atoms with Crippen molar-refractivity contribution in [3.63, 3.8) is 0 Å². The maximum absolute atomic E-state index is 11.7. The molecule has 3 rings (SSSR count). The van der Waals surface area contributed by atoms with Crippen molar-refractivity contribution in [1.82, 2.24) is 10.4 Å². The summed E-state index contributed by atoms with van der Waals surface area (Å²) in [5, 5.41) is 4.99. The molecule has 2 unspecified atom stereocenters. The third-order valence-corrected chi connectivity index (χ3v) is 3.61. The van der Waals surface area contributed by atoms with E-state index < -0.39 is 0 Å². The van der Waals surface area contributed by atoms with Gasteiger partial charge in [0.25, 0.3) is 0 Å². The third kappa shape index (κ3) is 2.01. The van der Waals surface area contributed by atoms with Crippen molar-refractivity contribution < 1.29 is 9.63 Å². The highest BCUT2D eigenvalue weighted by molar-refractivity contribution is 5.77. The lowest BCUT2D eigenvalue weighted by atomic mass is 10.2. The largest absolute Gasteiger partial charge is 0.312 e. The molecule has 2 saturated heterocycles. The predicted molar refractivity (Wildman–Crippen MR) is 55.0 cm³/mol. The molecule has 2 atom stereocenters. The van der Waals surface area contributed by atoms with Gasteiger partial charge in [0.2, 0.25) is 5.91 Å². The molecular formula is C11H18N2O2. The highest BCUT2D eigenvalue weighted by atomic mass is 16.7. The molecule has 2 aliphatic heterocycles. The van der Waals surface area contributed by atoms with Gasteiger partial charge in [-0.05, 0) is 38.1 Å². The van der Waals surface area contributed by atoms with Crippen LogP contribution in [0.3, 0.4) is 0 Å². The molecule has 0 aromatic carbocycles. The Morgan fingerprint density at radius 2 is 2.27 bits per heavy atom. The van der Waals surface area contributed by atoms with Crippen LogP contribution in [0.5, 0.6) is 0 Å². The van der Waals surface area contributed by atoms with Crippen LogP contribution in [0.1, 0.15) is 32.1 Å². The van der Waals surface area contributed by atoms with Crippen LogP contribution in [0.15, 0.2) is 0 Å². The highest BCUT2D eigenvalue weighted by Gasteiger charge is 2.41. The number of carbonyl (C=O) groups excluding carboxylic acids is 1. The quantitative estimate of drug-likeness (QED) is 0.745. The maximum Gasteiger partial charge on any atom is 0.248 e. The SMILES string of the molecule is O=C1CC(C2CC2)ON1CC1CCCN1. The smallest absolute Gasteiger partial charge is 0.248 e. The Morgan fingerprint density at radius 1 is 1.40 bits per heavy atom. The number of nitrogens with one attached hydrogen (secondary N) is 1. The fourth-order valence-electron chi connectivity index (χ4n) is 2.51. The van der Waals surface area contributed by atoms with Crippen molar-refractivity contribution in [2.24, 2.45) is 5.92 Å². The fraction of sp³-hybridized carbons (Fsp3) is 0.909. The van der Waals surface area contributed by atoms with Gasteiger partial charge in [0.1, 0.15) is 0 Å². The Kier molecular flexibility index (Phi) is 2.41. The molecule has 0 aromatic rings. The topological polar surface area (TPSA) is 41.6 Å². The molecule has 3 fully saturated rings. The Bertz CT molecular complexity index is 259. The summed E-state index contributed by atoms with van der Waals surface area (Å²) in [4.78, 5) is 17.4. The van der Waals surface area contributed by atoms with Crippen LogP contribution in [0.25, 0.3) is 0 Å². The van der Waals surface area contributed by atoms with Gasteiger partial charge in [-0.1, -0.05) is 0 Å². The molecule has 1 amide bonds. The van der Waals surface area contributed by atoms with E-state index in [0.29, 0.717) is 18.4 Å². The lowest BCUT2D eigenvalue weighted by Gasteiger charge is -2.20. The van der Waals surface area contributed by atoms with Crippen LogP contribution in [-0.4, -0.2) is 36.2 Å². The second-order valence-electron chi connectivity index (χ2n) is 4.93. The van der Waals surface area contributed by atoms with Crippen LogP contribution < -0.4 is 5.32 Å². The van der Waals surface area contributed by atoms with E-state index in [9.17, 15) is 4.79 Å². The lowest BCUT2D eigenvalue weighted by molar-refractivity contribution is -0.176. The van der Waals surface area contributed by atoms with Gasteiger partial charge < -0.3 is 5.32 Å².